The van der Waals surface area contributed by atoms with Gasteiger partial charge in [0, 0.05) is 12.5 Å². The third kappa shape index (κ3) is 5.07. The lowest BCUT2D eigenvalue weighted by molar-refractivity contribution is -0.123. The van der Waals surface area contributed by atoms with Crippen molar-refractivity contribution >= 4 is 5.91 Å². The number of nitrogens with zero attached hydrogens (tertiary/aromatic N) is 1. The number of hydrogen-bond acceptors (Lipinski definition) is 4. The van der Waals surface area contributed by atoms with Crippen molar-refractivity contribution in [2.45, 2.75) is 18.9 Å². The number of carbonyl (C=O) groups excluding carboxylic acids is 1. The fourth-order valence-electron chi connectivity index (χ4n) is 3.32. The minimum Gasteiger partial charge on any atom is -0.491 e. The smallest absolute Gasteiger partial charge is 0.220 e. The Balaban J connectivity index is 1.43. The highest BCUT2D eigenvalue weighted by Gasteiger charge is 2.24. The standard InChI is InChI=1S/C21H26N2O3/c22-21(25)18-10-12-23(13-11-18)14-19(24)15-26-20-8-6-17(7-9-20)16-4-2-1-3-5-16/h1-9,18-19,24H,10-15H2,(H2,22,25)/t19-/m0/s1. The Bertz CT molecular complexity index is 695. The van der Waals surface area contributed by atoms with E-state index in [-0.39, 0.29) is 18.4 Å². The van der Waals surface area contributed by atoms with E-state index >= 15 is 0 Å². The monoisotopic (exact) mass is 354 g/mol. The number of hydrogen-bond donors (Lipinski definition) is 2. The van der Waals surface area contributed by atoms with Gasteiger partial charge in [0.2, 0.25) is 5.91 Å². The molecule has 138 valence electrons. The lowest BCUT2D eigenvalue weighted by atomic mass is 9.96. The van der Waals surface area contributed by atoms with E-state index < -0.39 is 6.10 Å². The largest absolute Gasteiger partial charge is 0.491 e. The number of nitrogens with two attached hydrogens (primary N) is 1. The van der Waals surface area contributed by atoms with E-state index in [9.17, 15) is 9.90 Å². The minimum atomic E-state index is -0.561. The zero-order valence-corrected chi connectivity index (χ0v) is 14.9. The Hall–Kier alpha value is -2.37. The molecule has 26 heavy (non-hydrogen) atoms. The zero-order valence-electron chi connectivity index (χ0n) is 14.9. The SMILES string of the molecule is NC(=O)C1CCN(C[C@H](O)COc2ccc(-c3ccccc3)cc2)CC1. The number of aliphatic hydroxyl groups is 1. The van der Waals surface area contributed by atoms with Gasteiger partial charge in [-0.2, -0.15) is 0 Å². The van der Waals surface area contributed by atoms with Gasteiger partial charge in [0.15, 0.2) is 0 Å². The summed E-state index contributed by atoms with van der Waals surface area (Å²) < 4.78 is 5.71. The van der Waals surface area contributed by atoms with Crippen molar-refractivity contribution in [1.29, 1.82) is 0 Å². The molecule has 1 amide bonds. The maximum atomic E-state index is 11.2. The Morgan fingerprint density at radius 3 is 2.31 bits per heavy atom. The van der Waals surface area contributed by atoms with Crippen LogP contribution in [-0.4, -0.2) is 48.3 Å². The van der Waals surface area contributed by atoms with Gasteiger partial charge in [-0.05, 0) is 49.2 Å². The van der Waals surface area contributed by atoms with Gasteiger partial charge >= 0.3 is 0 Å². The minimum absolute atomic E-state index is 0.0252. The number of aliphatic hydroxyl groups excluding tert-OH is 1. The number of likely N-dealkylation sites (tertiary alicyclic amines) is 1. The van der Waals surface area contributed by atoms with Gasteiger partial charge in [-0.25, -0.2) is 0 Å². The van der Waals surface area contributed by atoms with E-state index in [2.05, 4.69) is 17.0 Å². The van der Waals surface area contributed by atoms with E-state index in [1.54, 1.807) is 0 Å². The number of primary amides is 1. The highest BCUT2D eigenvalue weighted by Crippen LogP contribution is 2.22. The molecule has 0 saturated carbocycles. The molecular weight excluding hydrogens is 328 g/mol. The van der Waals surface area contributed by atoms with Crippen molar-refractivity contribution in [3.63, 3.8) is 0 Å². The number of ether oxygens (including phenoxy) is 1. The molecule has 5 heteroatoms. The summed E-state index contributed by atoms with van der Waals surface area (Å²) in [4.78, 5) is 13.4. The first kappa shape index (κ1) is 18.4. The van der Waals surface area contributed by atoms with Crippen LogP contribution in [-0.2, 0) is 4.79 Å². The average molecular weight is 354 g/mol. The maximum Gasteiger partial charge on any atom is 0.220 e. The van der Waals surface area contributed by atoms with Crippen molar-refractivity contribution < 1.29 is 14.6 Å². The molecule has 0 aliphatic carbocycles. The third-order valence-electron chi connectivity index (χ3n) is 4.86. The van der Waals surface area contributed by atoms with Gasteiger partial charge in [-0.1, -0.05) is 42.5 Å². The van der Waals surface area contributed by atoms with Crippen LogP contribution in [0.15, 0.2) is 54.6 Å². The molecule has 1 heterocycles. The summed E-state index contributed by atoms with van der Waals surface area (Å²) in [7, 11) is 0. The fraction of sp³-hybridized carbons (Fsp3) is 0.381. The Morgan fingerprint density at radius 2 is 1.69 bits per heavy atom. The summed E-state index contributed by atoms with van der Waals surface area (Å²) in [5.74, 6) is 0.506. The Morgan fingerprint density at radius 1 is 1.08 bits per heavy atom. The molecule has 3 rings (SSSR count). The molecule has 1 atom stereocenters. The fourth-order valence-corrected chi connectivity index (χ4v) is 3.32. The molecular formula is C21H26N2O3. The topological polar surface area (TPSA) is 75.8 Å². The quantitative estimate of drug-likeness (QED) is 0.800. The van der Waals surface area contributed by atoms with E-state index in [0.29, 0.717) is 6.54 Å². The first-order chi connectivity index (χ1) is 12.6. The molecule has 1 fully saturated rings. The first-order valence-electron chi connectivity index (χ1n) is 9.10. The molecule has 0 spiro atoms. The Labute approximate surface area is 154 Å². The van der Waals surface area contributed by atoms with Crippen LogP contribution < -0.4 is 10.5 Å². The maximum absolute atomic E-state index is 11.2. The van der Waals surface area contributed by atoms with E-state index in [4.69, 9.17) is 10.5 Å². The summed E-state index contributed by atoms with van der Waals surface area (Å²) in [6.07, 6.45) is 0.974. The van der Waals surface area contributed by atoms with Crippen LogP contribution in [0.2, 0.25) is 0 Å². The summed E-state index contributed by atoms with van der Waals surface area (Å²) in [6, 6.07) is 18.1. The van der Waals surface area contributed by atoms with Gasteiger partial charge in [0.25, 0.3) is 0 Å². The highest BCUT2D eigenvalue weighted by molar-refractivity contribution is 5.76. The van der Waals surface area contributed by atoms with Crippen LogP contribution in [0.25, 0.3) is 11.1 Å². The van der Waals surface area contributed by atoms with Gasteiger partial charge < -0.3 is 20.5 Å². The lowest BCUT2D eigenvalue weighted by Crippen LogP contribution is -2.43. The lowest BCUT2D eigenvalue weighted by Gasteiger charge is -2.31. The summed E-state index contributed by atoms with van der Waals surface area (Å²) in [5, 5.41) is 10.2. The van der Waals surface area contributed by atoms with Crippen LogP contribution in [0, 0.1) is 5.92 Å². The predicted molar refractivity (Wildman–Crippen MR) is 102 cm³/mol. The van der Waals surface area contributed by atoms with Crippen LogP contribution in [0.3, 0.4) is 0 Å². The molecule has 0 aromatic heterocycles. The molecule has 1 saturated heterocycles. The molecule has 3 N–H and O–H groups in total. The van der Waals surface area contributed by atoms with Crippen molar-refractivity contribution in [3.8, 4) is 16.9 Å². The van der Waals surface area contributed by atoms with Crippen molar-refractivity contribution in [3.05, 3.63) is 54.6 Å². The predicted octanol–water partition coefficient (Wildman–Crippen LogP) is 2.29. The third-order valence-corrected chi connectivity index (χ3v) is 4.86. The molecule has 2 aromatic carbocycles. The summed E-state index contributed by atoms with van der Waals surface area (Å²) in [5.41, 5.74) is 7.65. The van der Waals surface area contributed by atoms with Crippen LogP contribution in [0.5, 0.6) is 5.75 Å². The molecule has 2 aromatic rings. The van der Waals surface area contributed by atoms with Crippen molar-refractivity contribution in [2.24, 2.45) is 11.7 Å². The zero-order chi connectivity index (χ0) is 18.4. The number of piperidine rings is 1. The number of amides is 1. The molecule has 5 nitrogen and oxygen atoms in total. The summed E-state index contributed by atoms with van der Waals surface area (Å²) in [6.45, 7) is 2.38. The highest BCUT2D eigenvalue weighted by atomic mass is 16.5. The number of benzene rings is 2. The van der Waals surface area contributed by atoms with Gasteiger partial charge in [-0.15, -0.1) is 0 Å². The Kier molecular flexibility index (Phi) is 6.26. The van der Waals surface area contributed by atoms with E-state index in [0.717, 1.165) is 37.2 Å². The van der Waals surface area contributed by atoms with Crippen molar-refractivity contribution in [2.75, 3.05) is 26.2 Å². The van der Waals surface area contributed by atoms with Gasteiger partial charge in [-0.3, -0.25) is 4.79 Å². The van der Waals surface area contributed by atoms with Crippen molar-refractivity contribution in [1.82, 2.24) is 4.90 Å². The van der Waals surface area contributed by atoms with Crippen LogP contribution in [0.4, 0.5) is 0 Å². The number of rotatable bonds is 7. The molecule has 0 radical (unpaired) electrons. The van der Waals surface area contributed by atoms with E-state index in [1.807, 2.05) is 42.5 Å². The molecule has 1 aliphatic heterocycles. The number of β-amino-alcohol motifs (C(OH)–C–C–N with tert-alkyl or cyclic N) is 1. The van der Waals surface area contributed by atoms with Gasteiger partial charge in [0.1, 0.15) is 18.5 Å². The molecule has 0 unspecified atom stereocenters. The van der Waals surface area contributed by atoms with Crippen LogP contribution in [0.1, 0.15) is 12.8 Å². The second-order valence-corrected chi connectivity index (χ2v) is 6.83. The molecule has 1 aliphatic rings. The van der Waals surface area contributed by atoms with Crippen LogP contribution >= 0.6 is 0 Å². The average Bonchev–Trinajstić information content (AvgIpc) is 2.68. The normalized spacial score (nSPS) is 17.0. The second-order valence-electron chi connectivity index (χ2n) is 6.83. The second kappa shape index (κ2) is 8.83. The first-order valence-corrected chi connectivity index (χ1v) is 9.10. The van der Waals surface area contributed by atoms with E-state index in [1.165, 1.54) is 5.56 Å². The molecule has 0 bridgehead atoms. The van der Waals surface area contributed by atoms with Gasteiger partial charge in [0.05, 0.1) is 0 Å². The number of carbonyl (C=O) groups is 1. The summed E-state index contributed by atoms with van der Waals surface area (Å²) >= 11 is 0.